The summed E-state index contributed by atoms with van der Waals surface area (Å²) in [6, 6.07) is 61.0. The van der Waals surface area contributed by atoms with Gasteiger partial charge in [-0.25, -0.2) is 0 Å². The summed E-state index contributed by atoms with van der Waals surface area (Å²) in [5.41, 5.74) is 20.0. The number of fused-ring (bicyclic) bond motifs is 7. The average Bonchev–Trinajstić information content (AvgIpc) is 3.84. The fourth-order valence-corrected chi connectivity index (χ4v) is 10.2. The van der Waals surface area contributed by atoms with Crippen molar-refractivity contribution >= 4 is 34.1 Å². The second-order valence-electron chi connectivity index (χ2n) is 15.7. The lowest BCUT2D eigenvalue weighted by atomic mass is 9.74. The standard InChI is InChI=1S/C51H44N2/c1-35-16-13-25-43-47(35)42-29-28-41(34-44(42)50(43,2)3)53(40-23-11-6-12-24-40)46-27-15-18-37-31-33-51(49(37)46)32-30-36-17-14-26-45(48(36)51)52(38-19-7-4-8-20-38)39-21-9-5-10-22-39/h4-29,34H,30-33H2,1-3H3/t51-/m1/s1. The Bertz CT molecular complexity index is 2460. The predicted octanol–water partition coefficient (Wildman–Crippen LogP) is 13.4. The van der Waals surface area contributed by atoms with Gasteiger partial charge in [-0.1, -0.05) is 117 Å². The molecule has 0 aromatic heterocycles. The average molecular weight is 685 g/mol. The lowest BCUT2D eigenvalue weighted by molar-refractivity contribution is 0.508. The van der Waals surface area contributed by atoms with Crippen LogP contribution in [-0.2, 0) is 23.7 Å². The monoisotopic (exact) mass is 684 g/mol. The van der Waals surface area contributed by atoms with E-state index in [1.807, 2.05) is 0 Å². The third kappa shape index (κ3) is 4.78. The highest BCUT2D eigenvalue weighted by Crippen LogP contribution is 2.60. The van der Waals surface area contributed by atoms with Crippen LogP contribution in [0.1, 0.15) is 65.6 Å². The van der Waals surface area contributed by atoms with Gasteiger partial charge < -0.3 is 9.80 Å². The fourth-order valence-electron chi connectivity index (χ4n) is 10.2. The van der Waals surface area contributed by atoms with E-state index >= 15 is 0 Å². The summed E-state index contributed by atoms with van der Waals surface area (Å²) in [7, 11) is 0. The van der Waals surface area contributed by atoms with E-state index in [1.165, 1.54) is 84.2 Å². The highest BCUT2D eigenvalue weighted by atomic mass is 15.2. The molecule has 0 saturated carbocycles. The van der Waals surface area contributed by atoms with Crippen LogP contribution >= 0.6 is 0 Å². The molecule has 0 radical (unpaired) electrons. The van der Waals surface area contributed by atoms with Gasteiger partial charge in [0.15, 0.2) is 0 Å². The van der Waals surface area contributed by atoms with Crippen LogP contribution in [0.3, 0.4) is 0 Å². The number of benzene rings is 7. The lowest BCUT2D eigenvalue weighted by Crippen LogP contribution is -2.27. The third-order valence-electron chi connectivity index (χ3n) is 12.5. The Balaban J connectivity index is 1.19. The van der Waals surface area contributed by atoms with E-state index in [9.17, 15) is 0 Å². The number of hydrogen-bond donors (Lipinski definition) is 0. The zero-order valence-corrected chi connectivity index (χ0v) is 30.8. The van der Waals surface area contributed by atoms with Crippen LogP contribution in [0.2, 0.25) is 0 Å². The molecular weight excluding hydrogens is 641 g/mol. The number of para-hydroxylation sites is 3. The van der Waals surface area contributed by atoms with E-state index in [0.717, 1.165) is 25.7 Å². The second-order valence-corrected chi connectivity index (χ2v) is 15.7. The Labute approximate surface area is 314 Å². The van der Waals surface area contributed by atoms with Gasteiger partial charge in [-0.2, -0.15) is 0 Å². The van der Waals surface area contributed by atoms with Gasteiger partial charge >= 0.3 is 0 Å². The van der Waals surface area contributed by atoms with Crippen LogP contribution in [-0.4, -0.2) is 0 Å². The lowest BCUT2D eigenvalue weighted by Gasteiger charge is -2.37. The molecule has 258 valence electrons. The minimum Gasteiger partial charge on any atom is -0.310 e. The van der Waals surface area contributed by atoms with Gasteiger partial charge in [-0.3, -0.25) is 0 Å². The topological polar surface area (TPSA) is 6.48 Å². The van der Waals surface area contributed by atoms with Crippen molar-refractivity contribution in [1.29, 1.82) is 0 Å². The molecule has 0 bridgehead atoms. The van der Waals surface area contributed by atoms with Crippen molar-refractivity contribution in [3.63, 3.8) is 0 Å². The molecule has 3 aliphatic rings. The van der Waals surface area contributed by atoms with E-state index < -0.39 is 0 Å². The Hall–Kier alpha value is -5.86. The Morgan fingerprint density at radius 3 is 1.47 bits per heavy atom. The Morgan fingerprint density at radius 1 is 0.453 bits per heavy atom. The first kappa shape index (κ1) is 31.8. The molecule has 0 saturated heterocycles. The number of nitrogens with zero attached hydrogens (tertiary/aromatic N) is 2. The van der Waals surface area contributed by atoms with Crippen LogP contribution in [0.4, 0.5) is 34.1 Å². The van der Waals surface area contributed by atoms with E-state index in [4.69, 9.17) is 0 Å². The molecular formula is C51H44N2. The van der Waals surface area contributed by atoms with Crippen LogP contribution in [0, 0.1) is 6.92 Å². The Kier molecular flexibility index (Phi) is 7.27. The molecule has 7 aromatic rings. The first-order chi connectivity index (χ1) is 26.0. The molecule has 2 nitrogen and oxygen atoms in total. The normalized spacial score (nSPS) is 17.3. The van der Waals surface area contributed by atoms with E-state index in [-0.39, 0.29) is 10.8 Å². The van der Waals surface area contributed by atoms with Crippen molar-refractivity contribution < 1.29 is 0 Å². The summed E-state index contributed by atoms with van der Waals surface area (Å²) >= 11 is 0. The van der Waals surface area contributed by atoms with Crippen LogP contribution in [0.5, 0.6) is 0 Å². The van der Waals surface area contributed by atoms with Crippen molar-refractivity contribution in [3.8, 4) is 11.1 Å². The predicted molar refractivity (Wildman–Crippen MR) is 222 cm³/mol. The van der Waals surface area contributed by atoms with Crippen LogP contribution in [0.25, 0.3) is 11.1 Å². The van der Waals surface area contributed by atoms with Crippen LogP contribution in [0.15, 0.2) is 164 Å². The molecule has 0 unspecified atom stereocenters. The summed E-state index contributed by atoms with van der Waals surface area (Å²) in [4.78, 5) is 5.05. The van der Waals surface area contributed by atoms with Gasteiger partial charge in [-0.15, -0.1) is 0 Å². The van der Waals surface area contributed by atoms with Crippen molar-refractivity contribution in [2.75, 3.05) is 9.80 Å². The number of aryl methyl sites for hydroxylation is 3. The van der Waals surface area contributed by atoms with E-state index in [2.05, 4.69) is 194 Å². The second kappa shape index (κ2) is 12.1. The number of hydrogen-bond acceptors (Lipinski definition) is 2. The first-order valence-electron chi connectivity index (χ1n) is 19.2. The molecule has 7 aromatic carbocycles. The van der Waals surface area contributed by atoms with Crippen LogP contribution < -0.4 is 9.80 Å². The van der Waals surface area contributed by atoms with Gasteiger partial charge in [0.2, 0.25) is 0 Å². The molecule has 53 heavy (non-hydrogen) atoms. The molecule has 2 heteroatoms. The molecule has 0 aliphatic heterocycles. The minimum absolute atomic E-state index is 0.0907. The maximum atomic E-state index is 2.56. The third-order valence-corrected chi connectivity index (χ3v) is 12.5. The Morgan fingerprint density at radius 2 is 0.943 bits per heavy atom. The highest BCUT2D eigenvalue weighted by molar-refractivity contribution is 5.89. The largest absolute Gasteiger partial charge is 0.310 e. The summed E-state index contributed by atoms with van der Waals surface area (Å²) in [5, 5.41) is 0. The van der Waals surface area contributed by atoms with Crippen molar-refractivity contribution in [1.82, 2.24) is 0 Å². The van der Waals surface area contributed by atoms with Gasteiger partial charge in [0.1, 0.15) is 0 Å². The fraction of sp³-hybridized carbons (Fsp3) is 0.176. The van der Waals surface area contributed by atoms with Gasteiger partial charge in [0.25, 0.3) is 0 Å². The zero-order valence-electron chi connectivity index (χ0n) is 30.8. The summed E-state index contributed by atoms with van der Waals surface area (Å²) in [5.74, 6) is 0. The summed E-state index contributed by atoms with van der Waals surface area (Å²) in [6.45, 7) is 7.04. The smallest absolute Gasteiger partial charge is 0.0505 e. The van der Waals surface area contributed by atoms with Gasteiger partial charge in [0.05, 0.1) is 11.4 Å². The highest BCUT2D eigenvalue weighted by Gasteiger charge is 2.49. The SMILES string of the molecule is Cc1cccc2c1-c1ccc(N(c3ccccc3)c3cccc4c3[C@]3(CCc5cccc(N(c6ccccc6)c6ccccc6)c53)CC4)cc1C2(C)C. The molecule has 0 N–H and O–H groups in total. The summed E-state index contributed by atoms with van der Waals surface area (Å²) < 4.78 is 0. The molecule has 3 aliphatic carbocycles. The quantitative estimate of drug-likeness (QED) is 0.172. The first-order valence-corrected chi connectivity index (χ1v) is 19.2. The number of rotatable bonds is 6. The molecule has 0 fully saturated rings. The number of anilines is 6. The van der Waals surface area contributed by atoms with E-state index in [1.54, 1.807) is 0 Å². The maximum Gasteiger partial charge on any atom is 0.0505 e. The molecule has 0 heterocycles. The molecule has 1 spiro atoms. The molecule has 0 amide bonds. The van der Waals surface area contributed by atoms with Crippen molar-refractivity contribution in [2.45, 2.75) is 57.3 Å². The van der Waals surface area contributed by atoms with Crippen molar-refractivity contribution in [2.24, 2.45) is 0 Å². The zero-order chi connectivity index (χ0) is 35.7. The van der Waals surface area contributed by atoms with Crippen molar-refractivity contribution in [3.05, 3.63) is 203 Å². The van der Waals surface area contributed by atoms with Gasteiger partial charge in [-0.05, 0) is 143 Å². The maximum absolute atomic E-state index is 2.56. The summed E-state index contributed by atoms with van der Waals surface area (Å²) in [6.07, 6.45) is 4.36. The molecule has 10 rings (SSSR count). The van der Waals surface area contributed by atoms with Gasteiger partial charge in [0, 0.05) is 33.6 Å². The van der Waals surface area contributed by atoms with E-state index in [0.29, 0.717) is 0 Å². The minimum atomic E-state index is -0.115. The molecule has 1 atom stereocenters.